The van der Waals surface area contributed by atoms with Crippen LogP contribution in [0.1, 0.15) is 68.0 Å². The highest BCUT2D eigenvalue weighted by Crippen LogP contribution is 2.40. The van der Waals surface area contributed by atoms with Crippen LogP contribution in [0.25, 0.3) is 0 Å². The van der Waals surface area contributed by atoms with Gasteiger partial charge in [-0.25, -0.2) is 4.98 Å². The summed E-state index contributed by atoms with van der Waals surface area (Å²) in [4.78, 5) is 4.84. The van der Waals surface area contributed by atoms with Crippen molar-refractivity contribution in [2.45, 2.75) is 62.8 Å². The first-order valence-electron chi connectivity index (χ1n) is 6.53. The maximum Gasteiger partial charge on any atom is 0.113 e. The van der Waals surface area contributed by atoms with Crippen LogP contribution in [0.4, 0.5) is 0 Å². The minimum Gasteiger partial charge on any atom is -0.319 e. The van der Waals surface area contributed by atoms with Gasteiger partial charge in [-0.15, -0.1) is 11.3 Å². The molecule has 0 saturated heterocycles. The normalized spacial score (nSPS) is 25.3. The predicted molar refractivity (Wildman–Crippen MR) is 67.7 cm³/mol. The van der Waals surface area contributed by atoms with Crippen molar-refractivity contribution < 1.29 is 0 Å². The van der Waals surface area contributed by atoms with E-state index in [-0.39, 0.29) is 5.54 Å². The molecule has 1 aromatic heterocycles. The molecular formula is C13H20N2S. The molecule has 0 atom stereocenters. The van der Waals surface area contributed by atoms with E-state index >= 15 is 0 Å². The Morgan fingerprint density at radius 2 is 1.88 bits per heavy atom. The van der Waals surface area contributed by atoms with E-state index in [1.165, 1.54) is 49.2 Å². The number of rotatable bonds is 2. The fourth-order valence-electron chi connectivity index (χ4n) is 3.14. The SMILES string of the molecule is NC1(c2nc(C3CCCC3)cs2)CCCC1. The van der Waals surface area contributed by atoms with E-state index in [9.17, 15) is 0 Å². The lowest BCUT2D eigenvalue weighted by Crippen LogP contribution is -2.32. The molecule has 2 fully saturated rings. The van der Waals surface area contributed by atoms with E-state index < -0.39 is 0 Å². The number of nitrogens with two attached hydrogens (primary N) is 1. The van der Waals surface area contributed by atoms with Gasteiger partial charge in [0.1, 0.15) is 5.01 Å². The Kier molecular flexibility index (Phi) is 2.76. The highest BCUT2D eigenvalue weighted by atomic mass is 32.1. The second-order valence-electron chi connectivity index (χ2n) is 5.42. The molecule has 2 saturated carbocycles. The van der Waals surface area contributed by atoms with Gasteiger partial charge in [-0.1, -0.05) is 25.7 Å². The van der Waals surface area contributed by atoms with Gasteiger partial charge in [-0.2, -0.15) is 0 Å². The van der Waals surface area contributed by atoms with Gasteiger partial charge in [0.2, 0.25) is 0 Å². The molecule has 0 amide bonds. The first-order valence-corrected chi connectivity index (χ1v) is 7.41. The van der Waals surface area contributed by atoms with Crippen molar-refractivity contribution in [3.8, 4) is 0 Å². The minimum absolute atomic E-state index is 0.0818. The molecule has 3 heteroatoms. The Morgan fingerprint density at radius 3 is 2.56 bits per heavy atom. The van der Waals surface area contributed by atoms with Gasteiger partial charge in [0.15, 0.2) is 0 Å². The number of thiazole rings is 1. The van der Waals surface area contributed by atoms with Gasteiger partial charge in [0.05, 0.1) is 11.2 Å². The number of aromatic nitrogens is 1. The molecule has 2 aliphatic carbocycles. The van der Waals surface area contributed by atoms with Crippen LogP contribution in [-0.4, -0.2) is 4.98 Å². The van der Waals surface area contributed by atoms with Crippen LogP contribution in [0.5, 0.6) is 0 Å². The Balaban J connectivity index is 1.81. The molecule has 0 aliphatic heterocycles. The summed E-state index contributed by atoms with van der Waals surface area (Å²) in [6.07, 6.45) is 10.2. The lowest BCUT2D eigenvalue weighted by atomic mass is 10.00. The Hall–Kier alpha value is -0.410. The van der Waals surface area contributed by atoms with Crippen molar-refractivity contribution in [1.82, 2.24) is 4.98 Å². The molecule has 2 N–H and O–H groups in total. The summed E-state index contributed by atoms with van der Waals surface area (Å²) in [6, 6.07) is 0. The van der Waals surface area contributed by atoms with Crippen molar-refractivity contribution >= 4 is 11.3 Å². The lowest BCUT2D eigenvalue weighted by Gasteiger charge is -2.20. The molecule has 0 bridgehead atoms. The first kappa shape index (κ1) is 10.7. The summed E-state index contributed by atoms with van der Waals surface area (Å²) in [5.41, 5.74) is 7.69. The Morgan fingerprint density at radius 1 is 1.19 bits per heavy atom. The Labute approximate surface area is 101 Å². The van der Waals surface area contributed by atoms with E-state index in [0.717, 1.165) is 18.8 Å². The zero-order chi connectivity index (χ0) is 11.0. The van der Waals surface area contributed by atoms with Gasteiger partial charge >= 0.3 is 0 Å². The fourth-order valence-corrected chi connectivity index (χ4v) is 4.22. The molecule has 1 aromatic rings. The van der Waals surface area contributed by atoms with Crippen LogP contribution >= 0.6 is 11.3 Å². The second-order valence-corrected chi connectivity index (χ2v) is 6.28. The van der Waals surface area contributed by atoms with Gasteiger partial charge in [0, 0.05) is 11.3 Å². The summed E-state index contributed by atoms with van der Waals surface area (Å²) in [5, 5.41) is 3.46. The van der Waals surface area contributed by atoms with Crippen molar-refractivity contribution in [3.05, 3.63) is 16.1 Å². The molecule has 0 radical (unpaired) electrons. The van der Waals surface area contributed by atoms with Crippen LogP contribution in [-0.2, 0) is 5.54 Å². The minimum atomic E-state index is -0.0818. The molecule has 3 rings (SSSR count). The van der Waals surface area contributed by atoms with E-state index in [2.05, 4.69) is 5.38 Å². The second kappa shape index (κ2) is 4.11. The van der Waals surface area contributed by atoms with Crippen molar-refractivity contribution in [1.29, 1.82) is 0 Å². The van der Waals surface area contributed by atoms with E-state index in [4.69, 9.17) is 10.7 Å². The summed E-state index contributed by atoms with van der Waals surface area (Å²) in [5.74, 6) is 0.731. The molecule has 0 aromatic carbocycles. The third-order valence-corrected chi connectivity index (χ3v) is 5.30. The van der Waals surface area contributed by atoms with Gasteiger partial charge in [0.25, 0.3) is 0 Å². The van der Waals surface area contributed by atoms with Crippen LogP contribution in [0.3, 0.4) is 0 Å². The summed E-state index contributed by atoms with van der Waals surface area (Å²) >= 11 is 1.80. The number of hydrogen-bond acceptors (Lipinski definition) is 3. The highest BCUT2D eigenvalue weighted by molar-refractivity contribution is 7.09. The topological polar surface area (TPSA) is 38.9 Å². The quantitative estimate of drug-likeness (QED) is 0.853. The zero-order valence-corrected chi connectivity index (χ0v) is 10.6. The number of hydrogen-bond donors (Lipinski definition) is 1. The molecule has 1 heterocycles. The third-order valence-electron chi connectivity index (χ3n) is 4.22. The van der Waals surface area contributed by atoms with Crippen molar-refractivity contribution in [2.24, 2.45) is 5.73 Å². The standard InChI is InChI=1S/C13H20N2S/c14-13(7-3-4-8-13)12-15-11(9-16-12)10-5-1-2-6-10/h9-10H,1-8,14H2. The van der Waals surface area contributed by atoms with Crippen LogP contribution < -0.4 is 5.73 Å². The monoisotopic (exact) mass is 236 g/mol. The molecule has 0 unspecified atom stereocenters. The predicted octanol–water partition coefficient (Wildman–Crippen LogP) is 3.53. The summed E-state index contributed by atoms with van der Waals surface area (Å²) in [7, 11) is 0. The average Bonchev–Trinajstić information content (AvgIpc) is 2.98. The average molecular weight is 236 g/mol. The maximum absolute atomic E-state index is 6.44. The van der Waals surface area contributed by atoms with Gasteiger partial charge in [-0.3, -0.25) is 0 Å². The summed E-state index contributed by atoms with van der Waals surface area (Å²) < 4.78 is 0. The maximum atomic E-state index is 6.44. The van der Waals surface area contributed by atoms with E-state index in [0.29, 0.717) is 0 Å². The largest absolute Gasteiger partial charge is 0.319 e. The molecule has 88 valence electrons. The van der Waals surface area contributed by atoms with Crippen LogP contribution in [0.15, 0.2) is 5.38 Å². The van der Waals surface area contributed by atoms with Gasteiger partial charge < -0.3 is 5.73 Å². The Bertz CT molecular complexity index is 360. The van der Waals surface area contributed by atoms with E-state index in [1.807, 2.05) is 0 Å². The van der Waals surface area contributed by atoms with Gasteiger partial charge in [-0.05, 0) is 25.7 Å². The molecule has 0 spiro atoms. The molecular weight excluding hydrogens is 216 g/mol. The van der Waals surface area contributed by atoms with Crippen molar-refractivity contribution in [3.63, 3.8) is 0 Å². The van der Waals surface area contributed by atoms with Crippen LogP contribution in [0, 0.1) is 0 Å². The highest BCUT2D eigenvalue weighted by Gasteiger charge is 2.34. The number of nitrogens with zero attached hydrogens (tertiary/aromatic N) is 1. The van der Waals surface area contributed by atoms with Crippen LogP contribution in [0.2, 0.25) is 0 Å². The zero-order valence-electron chi connectivity index (χ0n) is 9.74. The van der Waals surface area contributed by atoms with E-state index in [1.54, 1.807) is 11.3 Å². The smallest absolute Gasteiger partial charge is 0.113 e. The molecule has 16 heavy (non-hydrogen) atoms. The summed E-state index contributed by atoms with van der Waals surface area (Å²) in [6.45, 7) is 0. The lowest BCUT2D eigenvalue weighted by molar-refractivity contribution is 0.456. The fraction of sp³-hybridized carbons (Fsp3) is 0.769. The molecule has 2 nitrogen and oxygen atoms in total. The third kappa shape index (κ3) is 1.80. The van der Waals surface area contributed by atoms with Crippen molar-refractivity contribution in [2.75, 3.05) is 0 Å². The molecule has 2 aliphatic rings. The first-order chi connectivity index (χ1) is 7.78.